The van der Waals surface area contributed by atoms with Gasteiger partial charge in [-0.3, -0.25) is 9.79 Å². The van der Waals surface area contributed by atoms with Gasteiger partial charge in [0.25, 0.3) is 0 Å². The summed E-state index contributed by atoms with van der Waals surface area (Å²) in [6.07, 6.45) is 5.47. The predicted molar refractivity (Wildman–Crippen MR) is 64.8 cm³/mol. The summed E-state index contributed by atoms with van der Waals surface area (Å²) in [6, 6.07) is -0.993. The van der Waals surface area contributed by atoms with E-state index < -0.39 is 24.0 Å². The van der Waals surface area contributed by atoms with Crippen LogP contribution in [0, 0.1) is 5.92 Å². The first-order valence-electron chi connectivity index (χ1n) is 6.33. The highest BCUT2D eigenvalue weighted by Gasteiger charge is 2.32. The van der Waals surface area contributed by atoms with Gasteiger partial charge in [-0.2, -0.15) is 0 Å². The maximum atomic E-state index is 11.0. The van der Waals surface area contributed by atoms with Crippen molar-refractivity contribution in [1.29, 1.82) is 0 Å². The van der Waals surface area contributed by atoms with Crippen LogP contribution in [0.5, 0.6) is 0 Å². The van der Waals surface area contributed by atoms with E-state index in [-0.39, 0.29) is 12.0 Å². The third kappa shape index (κ3) is 2.87. The fraction of sp³-hybridized carbons (Fsp3) is 0.750. The Morgan fingerprint density at radius 3 is 2.44 bits per heavy atom. The maximum absolute atomic E-state index is 11.0. The number of aliphatic imine (C=N–C) groups is 1. The molecule has 0 aromatic carbocycles. The highest BCUT2D eigenvalue weighted by molar-refractivity contribution is 5.78. The molecule has 0 aromatic rings. The number of carboxylic acids is 2. The summed E-state index contributed by atoms with van der Waals surface area (Å²) < 4.78 is 0. The molecule has 4 atom stereocenters. The zero-order chi connectivity index (χ0) is 13.1. The van der Waals surface area contributed by atoms with Gasteiger partial charge in [0.1, 0.15) is 12.1 Å². The highest BCUT2D eigenvalue weighted by atomic mass is 16.4. The van der Waals surface area contributed by atoms with Gasteiger partial charge in [-0.05, 0) is 32.1 Å². The molecule has 0 spiro atoms. The van der Waals surface area contributed by atoms with E-state index >= 15 is 0 Å². The lowest BCUT2D eigenvalue weighted by atomic mass is 9.85. The zero-order valence-corrected chi connectivity index (χ0v) is 10.1. The number of hydrogen-bond donors (Lipinski definition) is 3. The van der Waals surface area contributed by atoms with Gasteiger partial charge in [-0.25, -0.2) is 4.79 Å². The summed E-state index contributed by atoms with van der Waals surface area (Å²) in [4.78, 5) is 25.8. The van der Waals surface area contributed by atoms with Gasteiger partial charge in [0.2, 0.25) is 0 Å². The molecule has 0 aliphatic carbocycles. The Bertz CT molecular complexity index is 369. The van der Waals surface area contributed by atoms with Crippen molar-refractivity contribution in [2.24, 2.45) is 10.9 Å². The molecule has 2 rings (SSSR count). The van der Waals surface area contributed by atoms with E-state index in [1.165, 1.54) is 0 Å². The van der Waals surface area contributed by atoms with Crippen LogP contribution in [0.25, 0.3) is 0 Å². The SMILES string of the molecule is O=C(O)[C@@H]1CCC[C@@H]([C@@H]2C=N[C@@H](C(=O)O)CC2)N1. The molecule has 6 heteroatoms. The van der Waals surface area contributed by atoms with Crippen molar-refractivity contribution < 1.29 is 19.8 Å². The second kappa shape index (κ2) is 5.48. The van der Waals surface area contributed by atoms with Gasteiger partial charge in [-0.15, -0.1) is 0 Å². The van der Waals surface area contributed by atoms with Crippen LogP contribution < -0.4 is 5.32 Å². The molecule has 0 radical (unpaired) electrons. The highest BCUT2D eigenvalue weighted by Crippen LogP contribution is 2.25. The van der Waals surface area contributed by atoms with Crippen LogP contribution in [0.2, 0.25) is 0 Å². The molecule has 6 nitrogen and oxygen atoms in total. The van der Waals surface area contributed by atoms with Crippen molar-refractivity contribution in [2.75, 3.05) is 0 Å². The minimum Gasteiger partial charge on any atom is -0.480 e. The zero-order valence-electron chi connectivity index (χ0n) is 10.1. The molecule has 18 heavy (non-hydrogen) atoms. The van der Waals surface area contributed by atoms with Crippen molar-refractivity contribution in [1.82, 2.24) is 5.32 Å². The van der Waals surface area contributed by atoms with E-state index in [1.54, 1.807) is 6.21 Å². The van der Waals surface area contributed by atoms with E-state index in [0.717, 1.165) is 19.3 Å². The first kappa shape index (κ1) is 13.0. The fourth-order valence-corrected chi connectivity index (χ4v) is 2.71. The predicted octanol–water partition coefficient (Wildman–Crippen LogP) is 0.516. The largest absolute Gasteiger partial charge is 0.480 e. The average molecular weight is 254 g/mol. The molecule has 2 heterocycles. The van der Waals surface area contributed by atoms with Crippen LogP contribution in [-0.2, 0) is 9.59 Å². The topological polar surface area (TPSA) is 99.0 Å². The molecule has 0 unspecified atom stereocenters. The number of aliphatic carboxylic acids is 2. The van der Waals surface area contributed by atoms with Gasteiger partial charge >= 0.3 is 11.9 Å². The molecule has 2 aliphatic heterocycles. The molecule has 0 amide bonds. The number of piperidine rings is 1. The molecule has 100 valence electrons. The van der Waals surface area contributed by atoms with Crippen LogP contribution in [0.15, 0.2) is 4.99 Å². The Hall–Kier alpha value is -1.43. The van der Waals surface area contributed by atoms with Crippen molar-refractivity contribution >= 4 is 18.2 Å². The number of nitrogens with zero attached hydrogens (tertiary/aromatic N) is 1. The van der Waals surface area contributed by atoms with Crippen LogP contribution in [-0.4, -0.2) is 46.5 Å². The third-order valence-corrected chi connectivity index (χ3v) is 3.75. The van der Waals surface area contributed by atoms with Crippen LogP contribution in [0.1, 0.15) is 32.1 Å². The first-order chi connectivity index (χ1) is 8.58. The van der Waals surface area contributed by atoms with Crippen LogP contribution in [0.4, 0.5) is 0 Å². The van der Waals surface area contributed by atoms with E-state index in [2.05, 4.69) is 10.3 Å². The Kier molecular flexibility index (Phi) is 3.96. The summed E-state index contributed by atoms with van der Waals surface area (Å²) in [6.45, 7) is 0. The van der Waals surface area contributed by atoms with E-state index in [9.17, 15) is 9.59 Å². The van der Waals surface area contributed by atoms with E-state index in [0.29, 0.717) is 12.8 Å². The second-order valence-corrected chi connectivity index (χ2v) is 4.99. The quantitative estimate of drug-likeness (QED) is 0.681. The molecule has 3 N–H and O–H groups in total. The van der Waals surface area contributed by atoms with Crippen molar-refractivity contribution in [3.63, 3.8) is 0 Å². The Balaban J connectivity index is 1.94. The Labute approximate surface area is 105 Å². The number of nitrogens with one attached hydrogen (secondary N) is 1. The van der Waals surface area contributed by atoms with Gasteiger partial charge < -0.3 is 15.5 Å². The van der Waals surface area contributed by atoms with Gasteiger partial charge in [0.05, 0.1) is 0 Å². The lowest BCUT2D eigenvalue weighted by Gasteiger charge is -2.34. The van der Waals surface area contributed by atoms with Gasteiger partial charge in [0, 0.05) is 18.2 Å². The van der Waals surface area contributed by atoms with Crippen molar-refractivity contribution in [2.45, 2.75) is 50.2 Å². The molecule has 1 fully saturated rings. The molecular weight excluding hydrogens is 236 g/mol. The standard InChI is InChI=1S/C12H18N2O4/c15-11(16)9-5-4-7(6-13-9)8-2-1-3-10(14-8)12(17)18/h6-10,14H,1-5H2,(H,15,16)(H,17,18)/t7-,8-,9+,10-/m0/s1. The Morgan fingerprint density at radius 2 is 1.89 bits per heavy atom. The summed E-state index contributed by atoms with van der Waals surface area (Å²) in [5, 5.41) is 21.0. The monoisotopic (exact) mass is 254 g/mol. The normalized spacial score (nSPS) is 36.2. The van der Waals surface area contributed by atoms with E-state index in [4.69, 9.17) is 10.2 Å². The summed E-state index contributed by atoms with van der Waals surface area (Å²) in [5.74, 6) is -1.54. The molecule has 0 aromatic heterocycles. The van der Waals surface area contributed by atoms with E-state index in [1.807, 2.05) is 0 Å². The lowest BCUT2D eigenvalue weighted by Crippen LogP contribution is -2.50. The summed E-state index contributed by atoms with van der Waals surface area (Å²) >= 11 is 0. The minimum atomic E-state index is -0.885. The summed E-state index contributed by atoms with van der Waals surface area (Å²) in [5.41, 5.74) is 0. The first-order valence-corrected chi connectivity index (χ1v) is 6.33. The molecular formula is C12H18N2O4. The number of carboxylic acid groups (broad SMARTS) is 2. The van der Waals surface area contributed by atoms with Crippen molar-refractivity contribution in [3.05, 3.63) is 0 Å². The van der Waals surface area contributed by atoms with Crippen molar-refractivity contribution in [3.8, 4) is 0 Å². The average Bonchev–Trinajstić information content (AvgIpc) is 2.39. The number of carbonyl (C=O) groups is 2. The third-order valence-electron chi connectivity index (χ3n) is 3.75. The Morgan fingerprint density at radius 1 is 1.11 bits per heavy atom. The number of hydrogen-bond acceptors (Lipinski definition) is 4. The molecule has 2 aliphatic rings. The summed E-state index contributed by atoms with van der Waals surface area (Å²) in [7, 11) is 0. The molecule has 1 saturated heterocycles. The fourth-order valence-electron chi connectivity index (χ4n) is 2.71. The van der Waals surface area contributed by atoms with Gasteiger partial charge in [0.15, 0.2) is 0 Å². The molecule has 0 saturated carbocycles. The maximum Gasteiger partial charge on any atom is 0.328 e. The lowest BCUT2D eigenvalue weighted by molar-refractivity contribution is -0.140. The van der Waals surface area contributed by atoms with Crippen LogP contribution in [0.3, 0.4) is 0 Å². The smallest absolute Gasteiger partial charge is 0.328 e. The minimum absolute atomic E-state index is 0.110. The number of rotatable bonds is 3. The molecule has 0 bridgehead atoms. The van der Waals surface area contributed by atoms with Crippen LogP contribution >= 0.6 is 0 Å². The van der Waals surface area contributed by atoms with Gasteiger partial charge in [-0.1, -0.05) is 0 Å². The second-order valence-electron chi connectivity index (χ2n) is 4.99.